The van der Waals surface area contributed by atoms with Crippen LogP contribution in [0.1, 0.15) is 29.8 Å². The van der Waals surface area contributed by atoms with E-state index in [1.54, 1.807) is 18.2 Å². The van der Waals surface area contributed by atoms with Crippen molar-refractivity contribution in [2.24, 2.45) is 4.99 Å². The fourth-order valence-corrected chi connectivity index (χ4v) is 4.94. The molecule has 3 aliphatic rings. The number of nitrogens with zero attached hydrogens (tertiary/aromatic N) is 2. The maximum atomic E-state index is 12.8. The number of aliphatic imine (C=N–C) groups is 1. The fourth-order valence-electron chi connectivity index (χ4n) is 4.67. The van der Waals surface area contributed by atoms with E-state index < -0.39 is 30.5 Å². The van der Waals surface area contributed by atoms with Crippen molar-refractivity contribution in [1.29, 1.82) is 0 Å². The van der Waals surface area contributed by atoms with Gasteiger partial charge in [-0.1, -0.05) is 46.3 Å². The lowest BCUT2D eigenvalue weighted by Gasteiger charge is -2.35. The summed E-state index contributed by atoms with van der Waals surface area (Å²) in [6, 6.07) is 17.2. The summed E-state index contributed by atoms with van der Waals surface area (Å²) in [6.45, 7) is 4.21. The Bertz CT molecular complexity index is 1140. The molecule has 0 spiro atoms. The largest absolute Gasteiger partial charge is 0.394 e. The molecule has 10 heteroatoms. The van der Waals surface area contributed by atoms with Gasteiger partial charge < -0.3 is 30.0 Å². The van der Waals surface area contributed by atoms with Gasteiger partial charge in [-0.3, -0.25) is 9.69 Å². The summed E-state index contributed by atoms with van der Waals surface area (Å²) < 4.78 is 19.3. The second-order valence-corrected chi connectivity index (χ2v) is 10.3. The molecule has 0 bridgehead atoms. The lowest BCUT2D eigenvalue weighted by molar-refractivity contribution is -0.723. The number of hydrogen-bond acceptors (Lipinski definition) is 7. The highest BCUT2D eigenvalue weighted by molar-refractivity contribution is 9.10. The van der Waals surface area contributed by atoms with Gasteiger partial charge in [0, 0.05) is 21.8 Å². The number of nitrogens with one attached hydrogen (secondary N) is 1. The zero-order chi connectivity index (χ0) is 25.3. The molecule has 2 saturated heterocycles. The van der Waals surface area contributed by atoms with Crippen molar-refractivity contribution in [1.82, 2.24) is 10.2 Å². The minimum atomic E-state index is -0.777. The number of ether oxygens (including phenoxy) is 3. The molecule has 0 aliphatic carbocycles. The van der Waals surface area contributed by atoms with Gasteiger partial charge >= 0.3 is 0 Å². The Morgan fingerprint density at radius 1 is 1.14 bits per heavy atom. The average Bonchev–Trinajstić information content (AvgIpc) is 3.36. The highest BCUT2D eigenvalue weighted by Gasteiger charge is 2.57. The molecular weight excluding hydrogens is 528 g/mol. The van der Waals surface area contributed by atoms with Gasteiger partial charge in [-0.25, -0.2) is 0 Å². The first-order valence-electron chi connectivity index (χ1n) is 11.9. The molecule has 36 heavy (non-hydrogen) atoms. The number of rotatable bonds is 6. The highest BCUT2D eigenvalue weighted by atomic mass is 79.9. The van der Waals surface area contributed by atoms with Crippen molar-refractivity contribution in [3.8, 4) is 0 Å². The van der Waals surface area contributed by atoms with Crippen LogP contribution < -0.4 is 10.6 Å². The van der Waals surface area contributed by atoms with Crippen LogP contribution >= 0.6 is 15.9 Å². The molecule has 2 fully saturated rings. The van der Waals surface area contributed by atoms with E-state index in [9.17, 15) is 9.90 Å². The predicted molar refractivity (Wildman–Crippen MR) is 135 cm³/mol. The summed E-state index contributed by atoms with van der Waals surface area (Å²) >= 11 is 3.39. The predicted octanol–water partition coefficient (Wildman–Crippen LogP) is 1.69. The van der Waals surface area contributed by atoms with Crippen LogP contribution in [0.15, 0.2) is 76.3 Å². The van der Waals surface area contributed by atoms with Crippen LogP contribution in [-0.2, 0) is 20.8 Å². The van der Waals surface area contributed by atoms with E-state index in [0.29, 0.717) is 17.9 Å². The van der Waals surface area contributed by atoms with Crippen LogP contribution in [0.2, 0.25) is 0 Å². The molecule has 5 atom stereocenters. The van der Waals surface area contributed by atoms with Gasteiger partial charge in [0.2, 0.25) is 0 Å². The van der Waals surface area contributed by atoms with Crippen LogP contribution in [0.25, 0.3) is 0 Å². The number of amidine groups is 1. The zero-order valence-electron chi connectivity index (χ0n) is 20.1. The highest BCUT2D eigenvalue weighted by Crippen LogP contribution is 2.40. The topological polar surface area (TPSA) is 109 Å². The molecule has 2 aromatic carbocycles. The van der Waals surface area contributed by atoms with Crippen molar-refractivity contribution in [3.05, 3.63) is 82.5 Å². The first-order chi connectivity index (χ1) is 17.3. The molecule has 190 valence electrons. The number of hydrogen-bond donors (Lipinski definition) is 3. The van der Waals surface area contributed by atoms with Gasteiger partial charge in [-0.05, 0) is 44.2 Å². The Kier molecular flexibility index (Phi) is 7.25. The van der Waals surface area contributed by atoms with Gasteiger partial charge in [-0.15, -0.1) is 0 Å². The molecule has 0 saturated carbocycles. The van der Waals surface area contributed by atoms with Crippen molar-refractivity contribution in [2.45, 2.75) is 57.0 Å². The Labute approximate surface area is 218 Å². The zero-order valence-corrected chi connectivity index (χ0v) is 21.7. The number of benzene rings is 2. The summed E-state index contributed by atoms with van der Waals surface area (Å²) in [6.07, 6.45) is 1.35. The maximum absolute atomic E-state index is 12.8. The lowest BCUT2D eigenvalue weighted by Crippen LogP contribution is -2.92. The third kappa shape index (κ3) is 5.39. The first-order valence-corrected chi connectivity index (χ1v) is 12.7. The number of quaternary nitrogens is 1. The molecule has 5 rings (SSSR count). The van der Waals surface area contributed by atoms with E-state index in [1.807, 2.05) is 55.3 Å². The SMILES string of the molecule is CC1(C)O[C@@H]2[C@H](O1)[C@@H](CO)O[C@H]2N1C=CC(NC(=O)c2ccc(Br)cc2)=NC1[NH2+]Cc1ccccc1. The van der Waals surface area contributed by atoms with E-state index in [4.69, 9.17) is 19.2 Å². The Balaban J connectivity index is 1.37. The molecule has 4 N–H and O–H groups in total. The van der Waals surface area contributed by atoms with E-state index in [1.165, 1.54) is 0 Å². The quantitative estimate of drug-likeness (QED) is 0.498. The van der Waals surface area contributed by atoms with E-state index in [0.717, 1.165) is 10.0 Å². The van der Waals surface area contributed by atoms with Crippen LogP contribution in [0.3, 0.4) is 0 Å². The van der Waals surface area contributed by atoms with E-state index >= 15 is 0 Å². The van der Waals surface area contributed by atoms with Crippen LogP contribution in [0.4, 0.5) is 0 Å². The number of carbonyl (C=O) groups is 1. The Hall–Kier alpha value is -2.60. The molecule has 3 aliphatic heterocycles. The molecular formula is C26H30BrN4O5+. The molecule has 9 nitrogen and oxygen atoms in total. The van der Waals surface area contributed by atoms with Crippen molar-refractivity contribution in [3.63, 3.8) is 0 Å². The smallest absolute Gasteiger partial charge is 0.264 e. The number of nitrogens with two attached hydrogens (primary N) is 1. The number of carbonyl (C=O) groups excluding carboxylic acids is 1. The van der Waals surface area contributed by atoms with Gasteiger partial charge in [0.1, 0.15) is 30.7 Å². The van der Waals surface area contributed by atoms with Crippen LogP contribution in [-0.4, -0.2) is 65.0 Å². The van der Waals surface area contributed by atoms with Crippen LogP contribution in [0.5, 0.6) is 0 Å². The van der Waals surface area contributed by atoms with Gasteiger partial charge in [0.15, 0.2) is 12.0 Å². The van der Waals surface area contributed by atoms with Gasteiger partial charge in [0.05, 0.1) is 6.61 Å². The Morgan fingerprint density at radius 3 is 2.58 bits per heavy atom. The second kappa shape index (κ2) is 10.4. The second-order valence-electron chi connectivity index (χ2n) is 9.39. The van der Waals surface area contributed by atoms with Crippen molar-refractivity contribution >= 4 is 27.7 Å². The number of halogens is 1. The summed E-state index contributed by atoms with van der Waals surface area (Å²) in [5.74, 6) is -0.570. The number of fused-ring (bicyclic) bond motifs is 1. The molecule has 0 radical (unpaired) electrons. The van der Waals surface area contributed by atoms with Gasteiger partial charge in [0.25, 0.3) is 12.2 Å². The van der Waals surface area contributed by atoms with Gasteiger partial charge in [-0.2, -0.15) is 4.99 Å². The maximum Gasteiger partial charge on any atom is 0.264 e. The summed E-state index contributed by atoms with van der Waals surface area (Å²) in [5, 5.41) is 14.9. The molecule has 0 aromatic heterocycles. The number of amides is 1. The molecule has 2 aromatic rings. The minimum Gasteiger partial charge on any atom is -0.394 e. The molecule has 1 unspecified atom stereocenters. The molecule has 3 heterocycles. The number of aliphatic hydroxyl groups is 1. The normalized spacial score (nSPS) is 28.6. The van der Waals surface area contributed by atoms with Crippen molar-refractivity contribution in [2.75, 3.05) is 6.61 Å². The summed E-state index contributed by atoms with van der Waals surface area (Å²) in [7, 11) is 0. The molecule has 1 amide bonds. The average molecular weight is 558 g/mol. The van der Waals surface area contributed by atoms with Crippen molar-refractivity contribution < 1.29 is 29.4 Å². The summed E-state index contributed by atoms with van der Waals surface area (Å²) in [4.78, 5) is 19.6. The fraction of sp³-hybridized carbons (Fsp3) is 0.385. The number of aliphatic hydroxyl groups excluding tert-OH is 1. The lowest BCUT2D eigenvalue weighted by atomic mass is 10.1. The standard InChI is InChI=1S/C26H29BrN4O5/c1-26(2)35-21-19(15-32)34-24(22(21)36-26)31-13-12-20(29-23(33)17-8-10-18(27)11-9-17)30-25(31)28-14-16-6-4-3-5-7-16/h3-13,19,21-22,24-25,28,32H,14-15H2,1-2H3,(H,29,30,33)/p+1/t19-,21-,22-,24-,25?/m1/s1. The third-order valence-corrected chi connectivity index (χ3v) is 6.86. The summed E-state index contributed by atoms with van der Waals surface area (Å²) in [5.41, 5.74) is 1.68. The van der Waals surface area contributed by atoms with E-state index in [2.05, 4.69) is 38.7 Å². The third-order valence-electron chi connectivity index (χ3n) is 6.34. The monoisotopic (exact) mass is 557 g/mol. The minimum absolute atomic E-state index is 0.176. The Morgan fingerprint density at radius 2 is 1.86 bits per heavy atom. The van der Waals surface area contributed by atoms with Crippen LogP contribution in [0, 0.1) is 0 Å². The first kappa shape index (κ1) is 25.1. The van der Waals surface area contributed by atoms with E-state index in [-0.39, 0.29) is 18.6 Å².